The number of carbonyl (C=O) groups is 1. The van der Waals surface area contributed by atoms with E-state index in [2.05, 4.69) is 27.6 Å². The van der Waals surface area contributed by atoms with Crippen LogP contribution in [0.3, 0.4) is 0 Å². The summed E-state index contributed by atoms with van der Waals surface area (Å²) in [6, 6.07) is 10.2. The van der Waals surface area contributed by atoms with Gasteiger partial charge in [0.1, 0.15) is 12.5 Å². The first-order valence-electron chi connectivity index (χ1n) is 8.06. The number of aliphatic imine (C=N–C) groups is 1. The number of rotatable bonds is 9. The van der Waals surface area contributed by atoms with Crippen LogP contribution in [-0.4, -0.2) is 36.6 Å². The quantitative estimate of drug-likeness (QED) is 0.563. The summed E-state index contributed by atoms with van der Waals surface area (Å²) < 4.78 is 4.91. The molecule has 0 fully saturated rings. The molecular formula is C17H25N3O2. The Morgan fingerprint density at radius 1 is 1.23 bits per heavy atom. The molecule has 5 nitrogen and oxygen atoms in total. The molecule has 0 amide bonds. The van der Waals surface area contributed by atoms with Gasteiger partial charge in [-0.25, -0.2) is 10.0 Å². The van der Waals surface area contributed by atoms with Crippen molar-refractivity contribution in [3.63, 3.8) is 0 Å². The topological polar surface area (TPSA) is 53.9 Å². The summed E-state index contributed by atoms with van der Waals surface area (Å²) in [5.41, 5.74) is 4.47. The second kappa shape index (κ2) is 9.20. The Labute approximate surface area is 132 Å². The summed E-state index contributed by atoms with van der Waals surface area (Å²) in [6.07, 6.45) is 4.75. The molecule has 22 heavy (non-hydrogen) atoms. The van der Waals surface area contributed by atoms with Gasteiger partial charge in [-0.1, -0.05) is 43.2 Å². The van der Waals surface area contributed by atoms with Crippen molar-refractivity contribution in [1.29, 1.82) is 0 Å². The number of nitrogens with one attached hydrogen (secondary N) is 1. The third kappa shape index (κ3) is 5.48. The minimum absolute atomic E-state index is 0.0791. The first-order valence-corrected chi connectivity index (χ1v) is 8.06. The molecule has 0 aromatic heterocycles. The van der Waals surface area contributed by atoms with Crippen LogP contribution in [0.2, 0.25) is 0 Å². The Morgan fingerprint density at radius 3 is 2.77 bits per heavy atom. The van der Waals surface area contributed by atoms with Crippen LogP contribution >= 0.6 is 0 Å². The first kappa shape index (κ1) is 16.5. The lowest BCUT2D eigenvalue weighted by molar-refractivity contribution is -0.143. The fourth-order valence-electron chi connectivity index (χ4n) is 2.41. The fraction of sp³-hybridized carbons (Fsp3) is 0.529. The molecule has 120 valence electrons. The molecule has 1 aliphatic heterocycles. The smallest absolute Gasteiger partial charge is 0.305 e. The van der Waals surface area contributed by atoms with E-state index < -0.39 is 0 Å². The molecule has 1 aromatic carbocycles. The predicted molar refractivity (Wildman–Crippen MR) is 87.4 cm³/mol. The number of hydrogen-bond donors (Lipinski definition) is 1. The van der Waals surface area contributed by atoms with Crippen molar-refractivity contribution in [2.75, 3.05) is 19.8 Å². The van der Waals surface area contributed by atoms with E-state index >= 15 is 0 Å². The molecule has 0 saturated heterocycles. The molecule has 0 aliphatic carbocycles. The van der Waals surface area contributed by atoms with Gasteiger partial charge in [-0.05, 0) is 19.8 Å². The molecule has 0 radical (unpaired) electrons. The molecule has 1 aromatic rings. The lowest BCUT2D eigenvalue weighted by atomic mass is 10.1. The van der Waals surface area contributed by atoms with Gasteiger partial charge in [0.05, 0.1) is 6.61 Å². The van der Waals surface area contributed by atoms with Gasteiger partial charge in [-0.3, -0.25) is 4.79 Å². The number of amidine groups is 1. The summed E-state index contributed by atoms with van der Waals surface area (Å²) in [6.45, 7) is 3.99. The van der Waals surface area contributed by atoms with Crippen molar-refractivity contribution in [1.82, 2.24) is 10.4 Å². The number of hydrazine groups is 1. The summed E-state index contributed by atoms with van der Waals surface area (Å²) in [5.74, 6) is 0.868. The molecule has 1 aliphatic rings. The number of nitrogens with zero attached hydrogens (tertiary/aromatic N) is 2. The van der Waals surface area contributed by atoms with Crippen LogP contribution in [-0.2, 0) is 9.53 Å². The number of unbranched alkanes of at least 4 members (excludes halogenated alkanes) is 3. The number of benzene rings is 1. The van der Waals surface area contributed by atoms with Crippen LogP contribution in [0, 0.1) is 0 Å². The van der Waals surface area contributed by atoms with Crippen LogP contribution in [0.4, 0.5) is 0 Å². The third-order valence-corrected chi connectivity index (χ3v) is 3.58. The molecule has 1 heterocycles. The largest absolute Gasteiger partial charge is 0.466 e. The Balaban J connectivity index is 1.54. The first-order chi connectivity index (χ1) is 10.8. The van der Waals surface area contributed by atoms with Crippen LogP contribution < -0.4 is 5.43 Å². The predicted octanol–water partition coefficient (Wildman–Crippen LogP) is 2.72. The Kier molecular flexibility index (Phi) is 6.90. The van der Waals surface area contributed by atoms with Crippen molar-refractivity contribution in [2.24, 2.45) is 4.99 Å². The molecule has 0 unspecified atom stereocenters. The third-order valence-electron chi connectivity index (χ3n) is 3.58. The average molecular weight is 303 g/mol. The van der Waals surface area contributed by atoms with E-state index in [9.17, 15) is 4.79 Å². The minimum Gasteiger partial charge on any atom is -0.466 e. The van der Waals surface area contributed by atoms with Gasteiger partial charge < -0.3 is 10.2 Å². The van der Waals surface area contributed by atoms with E-state index in [0.29, 0.717) is 19.7 Å². The van der Waals surface area contributed by atoms with Crippen molar-refractivity contribution >= 4 is 11.8 Å². The highest BCUT2D eigenvalue weighted by molar-refractivity contribution is 5.99. The Hall–Kier alpha value is -1.88. The Bertz CT molecular complexity index is 488. The van der Waals surface area contributed by atoms with E-state index in [1.807, 2.05) is 25.1 Å². The molecule has 0 saturated carbocycles. The van der Waals surface area contributed by atoms with Gasteiger partial charge in [0.25, 0.3) is 0 Å². The lowest BCUT2D eigenvalue weighted by Crippen LogP contribution is -2.37. The van der Waals surface area contributed by atoms with E-state index in [1.165, 1.54) is 0 Å². The number of hydrogen-bond acceptors (Lipinski definition) is 5. The standard InChI is InChI=1S/C17H25N3O2/c1-2-22-16(21)12-8-3-4-9-13-20-14-18-17(19-20)15-10-6-5-7-11-15/h5-7,10-11H,2-4,8-9,12-14H2,1H3,(H,18,19). The fourth-order valence-corrected chi connectivity index (χ4v) is 2.41. The van der Waals surface area contributed by atoms with E-state index in [1.54, 1.807) is 0 Å². The molecule has 5 heteroatoms. The average Bonchev–Trinajstić information content (AvgIpc) is 3.01. The van der Waals surface area contributed by atoms with Gasteiger partial charge in [-0.15, -0.1) is 0 Å². The maximum Gasteiger partial charge on any atom is 0.305 e. The molecule has 0 bridgehead atoms. The Morgan fingerprint density at radius 2 is 2.00 bits per heavy atom. The van der Waals surface area contributed by atoms with E-state index in [-0.39, 0.29) is 5.97 Å². The van der Waals surface area contributed by atoms with Crippen LogP contribution in [0.25, 0.3) is 0 Å². The van der Waals surface area contributed by atoms with Crippen LogP contribution in [0.5, 0.6) is 0 Å². The minimum atomic E-state index is -0.0791. The van der Waals surface area contributed by atoms with Gasteiger partial charge in [-0.2, -0.15) is 0 Å². The zero-order chi connectivity index (χ0) is 15.6. The highest BCUT2D eigenvalue weighted by atomic mass is 16.5. The zero-order valence-corrected chi connectivity index (χ0v) is 13.3. The lowest BCUT2D eigenvalue weighted by Gasteiger charge is -2.15. The summed E-state index contributed by atoms with van der Waals surface area (Å²) >= 11 is 0. The van der Waals surface area contributed by atoms with Crippen molar-refractivity contribution in [2.45, 2.75) is 39.0 Å². The summed E-state index contributed by atoms with van der Waals surface area (Å²) in [5, 5.41) is 2.13. The van der Waals surface area contributed by atoms with Gasteiger partial charge in [0, 0.05) is 18.5 Å². The van der Waals surface area contributed by atoms with E-state index in [0.717, 1.165) is 43.6 Å². The second-order valence-electron chi connectivity index (χ2n) is 5.36. The summed E-state index contributed by atoms with van der Waals surface area (Å²) in [7, 11) is 0. The molecule has 0 spiro atoms. The highest BCUT2D eigenvalue weighted by Crippen LogP contribution is 2.08. The maximum absolute atomic E-state index is 11.2. The zero-order valence-electron chi connectivity index (χ0n) is 13.3. The van der Waals surface area contributed by atoms with Gasteiger partial charge >= 0.3 is 5.97 Å². The normalized spacial score (nSPS) is 14.5. The van der Waals surface area contributed by atoms with Crippen molar-refractivity contribution in [3.05, 3.63) is 35.9 Å². The van der Waals surface area contributed by atoms with E-state index in [4.69, 9.17) is 4.74 Å². The number of carbonyl (C=O) groups excluding carboxylic acids is 1. The van der Waals surface area contributed by atoms with Crippen LogP contribution in [0.15, 0.2) is 35.3 Å². The molecule has 2 rings (SSSR count). The molecule has 0 atom stereocenters. The number of esters is 1. The summed E-state index contributed by atoms with van der Waals surface area (Å²) in [4.78, 5) is 15.7. The van der Waals surface area contributed by atoms with Crippen LogP contribution in [0.1, 0.15) is 44.6 Å². The maximum atomic E-state index is 11.2. The van der Waals surface area contributed by atoms with Crippen molar-refractivity contribution < 1.29 is 9.53 Å². The molecule has 1 N–H and O–H groups in total. The molecular weight excluding hydrogens is 278 g/mol. The highest BCUT2D eigenvalue weighted by Gasteiger charge is 2.14. The van der Waals surface area contributed by atoms with Gasteiger partial charge in [0.2, 0.25) is 0 Å². The second-order valence-corrected chi connectivity index (χ2v) is 5.36. The monoisotopic (exact) mass is 303 g/mol. The number of ether oxygens (including phenoxy) is 1. The van der Waals surface area contributed by atoms with Crippen molar-refractivity contribution in [3.8, 4) is 0 Å². The van der Waals surface area contributed by atoms with Gasteiger partial charge in [0.15, 0.2) is 0 Å². The SMILES string of the molecule is CCOC(=O)CCCCCCN1CN=C(c2ccccc2)N1.